The van der Waals surface area contributed by atoms with Crippen molar-refractivity contribution in [3.8, 4) is 17.1 Å². The van der Waals surface area contributed by atoms with Crippen LogP contribution in [0.15, 0.2) is 59.1 Å². The largest absolute Gasteiger partial charge is 0.484 e. The van der Waals surface area contributed by atoms with Crippen LogP contribution in [-0.2, 0) is 4.79 Å². The predicted molar refractivity (Wildman–Crippen MR) is 102 cm³/mol. The molecule has 1 aromatic heterocycles. The summed E-state index contributed by atoms with van der Waals surface area (Å²) in [5.41, 5.74) is 0.640. The Morgan fingerprint density at radius 3 is 2.61 bits per heavy atom. The fourth-order valence-corrected chi connectivity index (χ4v) is 2.42. The molecule has 2 aromatic carbocycles. The van der Waals surface area contributed by atoms with Gasteiger partial charge in [0.2, 0.25) is 5.82 Å². The van der Waals surface area contributed by atoms with E-state index in [-0.39, 0.29) is 37.3 Å². The first kappa shape index (κ1) is 19.4. The number of carbonyl (C=O) groups is 2. The van der Waals surface area contributed by atoms with Gasteiger partial charge in [-0.3, -0.25) is 9.59 Å². The second-order valence-corrected chi connectivity index (χ2v) is 6.08. The smallest absolute Gasteiger partial charge is 0.316 e. The lowest BCUT2D eigenvalue weighted by molar-refractivity contribution is -0.123. The Morgan fingerprint density at radius 2 is 1.82 bits per heavy atom. The van der Waals surface area contributed by atoms with Gasteiger partial charge in [0.15, 0.2) is 6.61 Å². The number of benzene rings is 2. The molecule has 0 aliphatic heterocycles. The molecular weight excluding hydrogens is 384 g/mol. The SMILES string of the molecule is O=C(COc1ccccc1)NCCNC(=O)c1nc(-c2cccc(Cl)c2)no1. The Balaban J connectivity index is 1.39. The molecule has 144 valence electrons. The third kappa shape index (κ3) is 5.55. The molecule has 0 spiro atoms. The summed E-state index contributed by atoms with van der Waals surface area (Å²) in [7, 11) is 0. The zero-order valence-electron chi connectivity index (χ0n) is 14.7. The van der Waals surface area contributed by atoms with E-state index in [2.05, 4.69) is 20.8 Å². The summed E-state index contributed by atoms with van der Waals surface area (Å²) in [6.07, 6.45) is 0. The topological polar surface area (TPSA) is 106 Å². The van der Waals surface area contributed by atoms with Crippen molar-refractivity contribution in [2.45, 2.75) is 0 Å². The second-order valence-electron chi connectivity index (χ2n) is 5.64. The van der Waals surface area contributed by atoms with Crippen LogP contribution in [0.3, 0.4) is 0 Å². The van der Waals surface area contributed by atoms with Gasteiger partial charge in [-0.15, -0.1) is 0 Å². The third-order valence-corrected chi connectivity index (χ3v) is 3.78. The van der Waals surface area contributed by atoms with Crippen molar-refractivity contribution in [2.24, 2.45) is 0 Å². The van der Waals surface area contributed by atoms with Crippen LogP contribution in [0.4, 0.5) is 0 Å². The Labute approximate surface area is 165 Å². The van der Waals surface area contributed by atoms with Crippen LogP contribution >= 0.6 is 11.6 Å². The molecule has 0 aliphatic rings. The second kappa shape index (κ2) is 9.52. The van der Waals surface area contributed by atoms with Gasteiger partial charge in [0, 0.05) is 23.7 Å². The van der Waals surface area contributed by atoms with E-state index in [9.17, 15) is 9.59 Å². The van der Waals surface area contributed by atoms with Crippen LogP contribution in [-0.4, -0.2) is 41.7 Å². The van der Waals surface area contributed by atoms with E-state index in [1.807, 2.05) is 18.2 Å². The summed E-state index contributed by atoms with van der Waals surface area (Å²) in [4.78, 5) is 27.8. The Hall–Kier alpha value is -3.39. The molecule has 1 heterocycles. The van der Waals surface area contributed by atoms with Gasteiger partial charge in [-0.25, -0.2) is 0 Å². The lowest BCUT2D eigenvalue weighted by atomic mass is 10.2. The van der Waals surface area contributed by atoms with Gasteiger partial charge in [-0.2, -0.15) is 4.98 Å². The van der Waals surface area contributed by atoms with E-state index in [1.165, 1.54) is 0 Å². The number of nitrogens with zero attached hydrogens (tertiary/aromatic N) is 2. The van der Waals surface area contributed by atoms with Gasteiger partial charge in [0.1, 0.15) is 5.75 Å². The number of nitrogens with one attached hydrogen (secondary N) is 2. The van der Waals surface area contributed by atoms with E-state index >= 15 is 0 Å². The van der Waals surface area contributed by atoms with Gasteiger partial charge in [-0.1, -0.05) is 47.1 Å². The molecule has 0 saturated carbocycles. The number of halogens is 1. The molecule has 3 aromatic rings. The highest BCUT2D eigenvalue weighted by Gasteiger charge is 2.16. The van der Waals surface area contributed by atoms with E-state index in [0.29, 0.717) is 16.3 Å². The molecule has 0 bridgehead atoms. The minimum atomic E-state index is -0.532. The van der Waals surface area contributed by atoms with Crippen LogP contribution < -0.4 is 15.4 Å². The van der Waals surface area contributed by atoms with Gasteiger partial charge in [-0.05, 0) is 24.3 Å². The summed E-state index contributed by atoms with van der Waals surface area (Å²) < 4.78 is 10.3. The molecule has 8 nitrogen and oxygen atoms in total. The van der Waals surface area contributed by atoms with E-state index in [0.717, 1.165) is 0 Å². The molecule has 0 atom stereocenters. The number of carbonyl (C=O) groups excluding carboxylic acids is 2. The lowest BCUT2D eigenvalue weighted by Gasteiger charge is -2.07. The highest BCUT2D eigenvalue weighted by molar-refractivity contribution is 6.30. The summed E-state index contributed by atoms with van der Waals surface area (Å²) in [6, 6.07) is 15.9. The molecule has 2 N–H and O–H groups in total. The van der Waals surface area contributed by atoms with E-state index < -0.39 is 5.91 Å². The number of ether oxygens (including phenoxy) is 1. The maximum atomic E-state index is 12.0. The summed E-state index contributed by atoms with van der Waals surface area (Å²) in [5.74, 6) is -0.125. The predicted octanol–water partition coefficient (Wildman–Crippen LogP) is 2.32. The standard InChI is InChI=1S/C19H17ClN4O4/c20-14-6-4-5-13(11-14)17-23-19(28-24-17)18(26)22-10-9-21-16(25)12-27-15-7-2-1-3-8-15/h1-8,11H,9-10,12H2,(H,21,25)(H,22,26). The summed E-state index contributed by atoms with van der Waals surface area (Å²) in [6.45, 7) is 0.327. The van der Waals surface area contributed by atoms with Crippen molar-refractivity contribution in [3.63, 3.8) is 0 Å². The molecule has 3 rings (SSSR count). The number of amides is 2. The van der Waals surface area contributed by atoms with Crippen LogP contribution in [0, 0.1) is 0 Å². The molecule has 0 radical (unpaired) electrons. The summed E-state index contributed by atoms with van der Waals surface area (Å²) >= 11 is 5.92. The molecule has 0 unspecified atom stereocenters. The van der Waals surface area contributed by atoms with Gasteiger partial charge < -0.3 is 19.9 Å². The van der Waals surface area contributed by atoms with Crippen molar-refractivity contribution >= 4 is 23.4 Å². The van der Waals surface area contributed by atoms with Crippen LogP contribution in [0.2, 0.25) is 5.02 Å². The van der Waals surface area contributed by atoms with Crippen LogP contribution in [0.1, 0.15) is 10.7 Å². The van der Waals surface area contributed by atoms with E-state index in [1.54, 1.807) is 36.4 Å². The molecule has 0 saturated heterocycles. The Morgan fingerprint density at radius 1 is 1.04 bits per heavy atom. The highest BCUT2D eigenvalue weighted by atomic mass is 35.5. The quantitative estimate of drug-likeness (QED) is 0.562. The monoisotopic (exact) mass is 400 g/mol. The molecule has 9 heteroatoms. The molecule has 0 aliphatic carbocycles. The number of para-hydroxylation sites is 1. The maximum absolute atomic E-state index is 12.0. The first-order valence-corrected chi connectivity index (χ1v) is 8.82. The minimum absolute atomic E-state index is 0.107. The van der Waals surface area contributed by atoms with Gasteiger partial charge in [0.25, 0.3) is 5.91 Å². The van der Waals surface area contributed by atoms with Gasteiger partial charge in [0.05, 0.1) is 0 Å². The molecule has 0 fully saturated rings. The molecular formula is C19H17ClN4O4. The first-order chi connectivity index (χ1) is 13.6. The lowest BCUT2D eigenvalue weighted by Crippen LogP contribution is -2.36. The van der Waals surface area contributed by atoms with Crippen molar-refractivity contribution in [1.82, 2.24) is 20.8 Å². The average molecular weight is 401 g/mol. The summed E-state index contributed by atoms with van der Waals surface area (Å²) in [5, 5.41) is 9.52. The van der Waals surface area contributed by atoms with Crippen molar-refractivity contribution in [1.29, 1.82) is 0 Å². The van der Waals surface area contributed by atoms with Crippen molar-refractivity contribution in [2.75, 3.05) is 19.7 Å². The van der Waals surface area contributed by atoms with E-state index in [4.69, 9.17) is 20.9 Å². The number of aromatic nitrogens is 2. The van der Waals surface area contributed by atoms with Crippen LogP contribution in [0.5, 0.6) is 5.75 Å². The maximum Gasteiger partial charge on any atom is 0.316 e. The minimum Gasteiger partial charge on any atom is -0.484 e. The number of hydrogen-bond acceptors (Lipinski definition) is 6. The Bertz CT molecular complexity index is 946. The van der Waals surface area contributed by atoms with Gasteiger partial charge >= 0.3 is 11.8 Å². The molecule has 28 heavy (non-hydrogen) atoms. The number of rotatable bonds is 8. The third-order valence-electron chi connectivity index (χ3n) is 3.55. The van der Waals surface area contributed by atoms with Crippen molar-refractivity contribution < 1.29 is 18.8 Å². The van der Waals surface area contributed by atoms with Crippen LogP contribution in [0.25, 0.3) is 11.4 Å². The highest BCUT2D eigenvalue weighted by Crippen LogP contribution is 2.19. The zero-order valence-corrected chi connectivity index (χ0v) is 15.5. The Kier molecular flexibility index (Phi) is 6.59. The fraction of sp³-hybridized carbons (Fsp3) is 0.158. The van der Waals surface area contributed by atoms with Crippen molar-refractivity contribution in [3.05, 3.63) is 65.5 Å². The zero-order chi connectivity index (χ0) is 19.8. The average Bonchev–Trinajstić information content (AvgIpc) is 3.21. The first-order valence-electron chi connectivity index (χ1n) is 8.44. The fourth-order valence-electron chi connectivity index (χ4n) is 2.23. The molecule has 2 amide bonds. The normalized spacial score (nSPS) is 10.3. The number of hydrogen-bond donors (Lipinski definition) is 2.